The molecule has 0 unspecified atom stereocenters. The number of hydrogen-bond acceptors (Lipinski definition) is 3. The highest BCUT2D eigenvalue weighted by atomic mass is 32.2. The number of anilines is 1. The normalized spacial score (nSPS) is 23.0. The Morgan fingerprint density at radius 3 is 2.90 bits per heavy atom. The van der Waals surface area contributed by atoms with Gasteiger partial charge in [-0.15, -0.1) is 11.8 Å². The Morgan fingerprint density at radius 1 is 1.38 bits per heavy atom. The van der Waals surface area contributed by atoms with Crippen LogP contribution < -0.4 is 4.90 Å². The molecule has 0 N–H and O–H groups in total. The number of benzene rings is 1. The van der Waals surface area contributed by atoms with Crippen LogP contribution in [0.2, 0.25) is 0 Å². The lowest BCUT2D eigenvalue weighted by Crippen LogP contribution is -2.40. The molecule has 1 aromatic rings. The molecule has 2 aliphatic heterocycles. The number of amides is 1. The molecular formula is C17H24N2OS. The summed E-state index contributed by atoms with van der Waals surface area (Å²) in [5, 5.41) is 0. The minimum absolute atomic E-state index is 0.263. The lowest BCUT2D eigenvalue weighted by molar-refractivity contribution is -0.116. The molecule has 1 aromatic carbocycles. The molecule has 0 bridgehead atoms. The summed E-state index contributed by atoms with van der Waals surface area (Å²) in [5.41, 5.74) is 2.38. The molecule has 0 aliphatic carbocycles. The van der Waals surface area contributed by atoms with E-state index >= 15 is 0 Å². The standard InChI is InChI=1S/C17H24N2OS/c1-12(2)18-7-6-14(9-18)10-19-15-5-4-13(3)8-16(15)21-11-17(19)20/h4-5,8,12,14H,6-7,9-11H2,1-3H3/t14-/m0/s1. The fourth-order valence-electron chi connectivity index (χ4n) is 3.25. The Kier molecular flexibility index (Phi) is 4.27. The SMILES string of the molecule is Cc1ccc2c(c1)SCC(=O)N2C[C@H]1CCN(C(C)C)C1. The van der Waals surface area contributed by atoms with Crippen molar-refractivity contribution in [1.82, 2.24) is 4.90 Å². The minimum atomic E-state index is 0.263. The van der Waals surface area contributed by atoms with Crippen LogP contribution in [-0.2, 0) is 4.79 Å². The summed E-state index contributed by atoms with van der Waals surface area (Å²) in [6.45, 7) is 9.78. The molecular weight excluding hydrogens is 280 g/mol. The van der Waals surface area contributed by atoms with Crippen LogP contribution in [-0.4, -0.2) is 42.2 Å². The van der Waals surface area contributed by atoms with Gasteiger partial charge >= 0.3 is 0 Å². The van der Waals surface area contributed by atoms with E-state index in [1.807, 2.05) is 4.90 Å². The fraction of sp³-hybridized carbons (Fsp3) is 0.588. The Balaban J connectivity index is 1.75. The van der Waals surface area contributed by atoms with E-state index in [2.05, 4.69) is 43.9 Å². The van der Waals surface area contributed by atoms with Gasteiger partial charge in [0.05, 0.1) is 11.4 Å². The van der Waals surface area contributed by atoms with Gasteiger partial charge in [0.2, 0.25) is 5.91 Å². The van der Waals surface area contributed by atoms with Crippen LogP contribution in [0.3, 0.4) is 0 Å². The van der Waals surface area contributed by atoms with Crippen LogP contribution in [0, 0.1) is 12.8 Å². The fourth-order valence-corrected chi connectivity index (χ4v) is 4.28. The van der Waals surface area contributed by atoms with Gasteiger partial charge in [0.15, 0.2) is 0 Å². The summed E-state index contributed by atoms with van der Waals surface area (Å²) < 4.78 is 0. The zero-order chi connectivity index (χ0) is 15.0. The second kappa shape index (κ2) is 6.01. The predicted octanol–water partition coefficient (Wildman–Crippen LogP) is 3.16. The van der Waals surface area contributed by atoms with E-state index in [1.54, 1.807) is 11.8 Å². The number of fused-ring (bicyclic) bond motifs is 1. The number of carbonyl (C=O) groups excluding carboxylic acids is 1. The molecule has 4 heteroatoms. The molecule has 114 valence electrons. The first-order chi connectivity index (χ1) is 10.0. The minimum Gasteiger partial charge on any atom is -0.310 e. The molecule has 1 atom stereocenters. The number of nitrogens with zero attached hydrogens (tertiary/aromatic N) is 2. The van der Waals surface area contributed by atoms with Gasteiger partial charge in [0.1, 0.15) is 0 Å². The van der Waals surface area contributed by atoms with Gasteiger partial charge in [-0.2, -0.15) is 0 Å². The summed E-state index contributed by atoms with van der Waals surface area (Å²) in [6.07, 6.45) is 1.20. The van der Waals surface area contributed by atoms with Gasteiger partial charge < -0.3 is 9.80 Å². The number of thioether (sulfide) groups is 1. The maximum atomic E-state index is 12.3. The van der Waals surface area contributed by atoms with Gasteiger partial charge in [-0.1, -0.05) is 6.07 Å². The number of likely N-dealkylation sites (tertiary alicyclic amines) is 1. The van der Waals surface area contributed by atoms with E-state index in [9.17, 15) is 4.79 Å². The third-order valence-corrected chi connectivity index (χ3v) is 5.58. The van der Waals surface area contributed by atoms with E-state index in [0.29, 0.717) is 17.7 Å². The zero-order valence-corrected chi connectivity index (χ0v) is 13.9. The first kappa shape index (κ1) is 14.9. The Bertz CT molecular complexity index is 544. The van der Waals surface area contributed by atoms with Crippen molar-refractivity contribution in [2.24, 2.45) is 5.92 Å². The maximum absolute atomic E-state index is 12.3. The van der Waals surface area contributed by atoms with Crippen LogP contribution >= 0.6 is 11.8 Å². The molecule has 2 heterocycles. The molecule has 0 radical (unpaired) electrons. The molecule has 21 heavy (non-hydrogen) atoms. The molecule has 0 spiro atoms. The lowest BCUT2D eigenvalue weighted by Gasteiger charge is -2.31. The van der Waals surface area contributed by atoms with Gasteiger partial charge in [-0.3, -0.25) is 4.79 Å². The van der Waals surface area contributed by atoms with E-state index < -0.39 is 0 Å². The van der Waals surface area contributed by atoms with Crippen molar-refractivity contribution >= 4 is 23.4 Å². The predicted molar refractivity (Wildman–Crippen MR) is 89.1 cm³/mol. The third-order valence-electron chi connectivity index (χ3n) is 4.55. The van der Waals surface area contributed by atoms with Crippen molar-refractivity contribution in [2.45, 2.75) is 38.1 Å². The monoisotopic (exact) mass is 304 g/mol. The first-order valence-corrected chi connectivity index (χ1v) is 8.81. The third kappa shape index (κ3) is 3.11. The summed E-state index contributed by atoms with van der Waals surface area (Å²) in [7, 11) is 0. The van der Waals surface area contributed by atoms with Gasteiger partial charge in [-0.05, 0) is 57.4 Å². The van der Waals surface area contributed by atoms with E-state index in [-0.39, 0.29) is 5.91 Å². The van der Waals surface area contributed by atoms with Crippen LogP contribution in [0.15, 0.2) is 23.1 Å². The van der Waals surface area contributed by atoms with Crippen LogP contribution in [0.4, 0.5) is 5.69 Å². The van der Waals surface area contributed by atoms with Crippen molar-refractivity contribution in [1.29, 1.82) is 0 Å². The number of hydrogen-bond donors (Lipinski definition) is 0. The Hall–Kier alpha value is -1.00. The Labute approximate surface area is 131 Å². The molecule has 3 nitrogen and oxygen atoms in total. The van der Waals surface area contributed by atoms with Crippen molar-refractivity contribution in [3.63, 3.8) is 0 Å². The van der Waals surface area contributed by atoms with Crippen molar-refractivity contribution in [2.75, 3.05) is 30.3 Å². The molecule has 0 aromatic heterocycles. The van der Waals surface area contributed by atoms with Crippen LogP contribution in [0.25, 0.3) is 0 Å². The summed E-state index contributed by atoms with van der Waals surface area (Å²) >= 11 is 1.68. The zero-order valence-electron chi connectivity index (χ0n) is 13.1. The highest BCUT2D eigenvalue weighted by Crippen LogP contribution is 2.37. The average molecular weight is 304 g/mol. The van der Waals surface area contributed by atoms with E-state index in [1.165, 1.54) is 23.4 Å². The first-order valence-electron chi connectivity index (χ1n) is 7.82. The van der Waals surface area contributed by atoms with Crippen LogP contribution in [0.1, 0.15) is 25.8 Å². The molecule has 0 saturated carbocycles. The second-order valence-corrected chi connectivity index (χ2v) is 7.52. The second-order valence-electron chi connectivity index (χ2n) is 6.51. The van der Waals surface area contributed by atoms with Crippen molar-refractivity contribution < 1.29 is 4.79 Å². The van der Waals surface area contributed by atoms with Crippen molar-refractivity contribution in [3.05, 3.63) is 23.8 Å². The molecule has 3 rings (SSSR count). The molecule has 1 amide bonds. The smallest absolute Gasteiger partial charge is 0.237 e. The van der Waals surface area contributed by atoms with E-state index in [4.69, 9.17) is 0 Å². The van der Waals surface area contributed by atoms with Gasteiger partial charge in [0.25, 0.3) is 0 Å². The Morgan fingerprint density at radius 2 is 2.19 bits per heavy atom. The number of aryl methyl sites for hydroxylation is 1. The van der Waals surface area contributed by atoms with Crippen LogP contribution in [0.5, 0.6) is 0 Å². The van der Waals surface area contributed by atoms with Gasteiger partial charge in [0, 0.05) is 24.0 Å². The highest BCUT2D eigenvalue weighted by molar-refractivity contribution is 8.00. The lowest BCUT2D eigenvalue weighted by atomic mass is 10.1. The molecule has 1 fully saturated rings. The van der Waals surface area contributed by atoms with E-state index in [0.717, 1.165) is 18.8 Å². The molecule has 1 saturated heterocycles. The van der Waals surface area contributed by atoms with Gasteiger partial charge in [-0.25, -0.2) is 0 Å². The quantitative estimate of drug-likeness (QED) is 0.857. The highest BCUT2D eigenvalue weighted by Gasteiger charge is 2.31. The largest absolute Gasteiger partial charge is 0.310 e. The number of rotatable bonds is 3. The maximum Gasteiger partial charge on any atom is 0.237 e. The summed E-state index contributed by atoms with van der Waals surface area (Å²) in [5.74, 6) is 1.45. The number of carbonyl (C=O) groups is 1. The average Bonchev–Trinajstić information content (AvgIpc) is 2.91. The topological polar surface area (TPSA) is 23.6 Å². The summed E-state index contributed by atoms with van der Waals surface area (Å²) in [6, 6.07) is 7.04. The molecule has 2 aliphatic rings. The summed E-state index contributed by atoms with van der Waals surface area (Å²) in [4.78, 5) is 18.1. The van der Waals surface area contributed by atoms with Crippen molar-refractivity contribution in [3.8, 4) is 0 Å².